The highest BCUT2D eigenvalue weighted by Crippen LogP contribution is 2.19. The van der Waals surface area contributed by atoms with Crippen LogP contribution in [0.4, 0.5) is 5.69 Å². The first-order valence-electron chi connectivity index (χ1n) is 8.49. The van der Waals surface area contributed by atoms with Gasteiger partial charge in [0.05, 0.1) is 18.0 Å². The minimum Gasteiger partial charge on any atom is -0.494 e. The van der Waals surface area contributed by atoms with E-state index in [1.54, 1.807) is 18.2 Å². The minimum atomic E-state index is -3.78. The lowest BCUT2D eigenvalue weighted by molar-refractivity contribution is -0.115. The zero-order valence-corrected chi connectivity index (χ0v) is 15.6. The van der Waals surface area contributed by atoms with E-state index in [-0.39, 0.29) is 11.4 Å². The summed E-state index contributed by atoms with van der Waals surface area (Å²) < 4.78 is 32.2. The summed E-state index contributed by atoms with van der Waals surface area (Å²) in [5, 5.41) is 4.75. The third kappa shape index (κ3) is 4.84. The molecule has 0 radical (unpaired) electrons. The second-order valence-corrected chi connectivity index (χ2v) is 7.61. The van der Waals surface area contributed by atoms with Gasteiger partial charge in [0.1, 0.15) is 5.75 Å². The number of anilines is 1. The molecule has 0 saturated heterocycles. The molecule has 0 atom stereocenters. The summed E-state index contributed by atoms with van der Waals surface area (Å²) in [6, 6.07) is 19.3. The summed E-state index contributed by atoms with van der Waals surface area (Å²) >= 11 is 0. The van der Waals surface area contributed by atoms with E-state index >= 15 is 0 Å². The van der Waals surface area contributed by atoms with Crippen LogP contribution in [-0.4, -0.2) is 27.5 Å². The highest BCUT2D eigenvalue weighted by atomic mass is 32.2. The smallest absolute Gasteiger partial charge is 0.241 e. The van der Waals surface area contributed by atoms with Gasteiger partial charge in [-0.25, -0.2) is 13.1 Å². The Morgan fingerprint density at radius 1 is 0.963 bits per heavy atom. The molecule has 3 aromatic rings. The second-order valence-electron chi connectivity index (χ2n) is 5.84. The number of hydrogen-bond donors (Lipinski definition) is 2. The fourth-order valence-electron chi connectivity index (χ4n) is 2.60. The van der Waals surface area contributed by atoms with Crippen molar-refractivity contribution < 1.29 is 17.9 Å². The molecule has 0 aromatic heterocycles. The molecule has 3 aromatic carbocycles. The third-order valence-corrected chi connectivity index (χ3v) is 5.32. The van der Waals surface area contributed by atoms with E-state index < -0.39 is 15.9 Å². The predicted octanol–water partition coefficient (Wildman–Crippen LogP) is 3.16. The quantitative estimate of drug-likeness (QED) is 0.655. The third-order valence-electron chi connectivity index (χ3n) is 3.90. The monoisotopic (exact) mass is 384 g/mol. The van der Waals surface area contributed by atoms with Gasteiger partial charge in [0.15, 0.2) is 0 Å². The summed E-state index contributed by atoms with van der Waals surface area (Å²) in [6.45, 7) is 1.99. The number of nitrogens with one attached hydrogen (secondary N) is 2. The van der Waals surface area contributed by atoms with Gasteiger partial charge in [0.25, 0.3) is 0 Å². The highest BCUT2D eigenvalue weighted by Gasteiger charge is 2.15. The lowest BCUT2D eigenvalue weighted by Gasteiger charge is -2.09. The molecule has 27 heavy (non-hydrogen) atoms. The fourth-order valence-corrected chi connectivity index (χ4v) is 3.58. The Kier molecular flexibility index (Phi) is 5.73. The maximum atomic E-state index is 12.3. The van der Waals surface area contributed by atoms with Crippen molar-refractivity contribution >= 4 is 32.4 Å². The van der Waals surface area contributed by atoms with E-state index in [1.807, 2.05) is 43.3 Å². The first kappa shape index (κ1) is 18.9. The van der Waals surface area contributed by atoms with Gasteiger partial charge in [-0.05, 0) is 54.1 Å². The molecule has 3 rings (SSSR count). The van der Waals surface area contributed by atoms with Gasteiger partial charge in [-0.3, -0.25) is 4.79 Å². The van der Waals surface area contributed by atoms with E-state index in [4.69, 9.17) is 4.74 Å². The summed E-state index contributed by atoms with van der Waals surface area (Å²) in [4.78, 5) is 12.2. The van der Waals surface area contributed by atoms with Gasteiger partial charge in [-0.2, -0.15) is 0 Å². The molecular weight excluding hydrogens is 364 g/mol. The van der Waals surface area contributed by atoms with Gasteiger partial charge in [-0.15, -0.1) is 0 Å². The number of hydrogen-bond acceptors (Lipinski definition) is 4. The molecule has 0 spiro atoms. The Bertz CT molecular complexity index is 1050. The Morgan fingerprint density at radius 3 is 2.37 bits per heavy atom. The first-order valence-corrected chi connectivity index (χ1v) is 9.97. The van der Waals surface area contributed by atoms with Crippen LogP contribution in [0.25, 0.3) is 10.8 Å². The van der Waals surface area contributed by atoms with E-state index in [2.05, 4.69) is 10.0 Å². The zero-order valence-electron chi connectivity index (χ0n) is 14.8. The molecular formula is C20H20N2O4S. The van der Waals surface area contributed by atoms with E-state index in [1.165, 1.54) is 12.1 Å². The standard InChI is InChI=1S/C20H20N2O4S/c1-2-26-18-9-11-19(12-10-18)27(24,25)21-14-20(23)22-17-8-7-15-5-3-4-6-16(15)13-17/h3-13,21H,2,14H2,1H3,(H,22,23). The average molecular weight is 384 g/mol. The van der Waals surface area contributed by atoms with Crippen molar-refractivity contribution in [3.05, 3.63) is 66.7 Å². The molecule has 7 heteroatoms. The van der Waals surface area contributed by atoms with E-state index in [9.17, 15) is 13.2 Å². The van der Waals surface area contributed by atoms with E-state index in [0.717, 1.165) is 10.8 Å². The van der Waals surface area contributed by atoms with Gasteiger partial charge in [0.2, 0.25) is 15.9 Å². The van der Waals surface area contributed by atoms with Crippen molar-refractivity contribution in [2.24, 2.45) is 0 Å². The fraction of sp³-hybridized carbons (Fsp3) is 0.150. The summed E-state index contributed by atoms with van der Waals surface area (Å²) in [5.41, 5.74) is 0.610. The Balaban J connectivity index is 1.61. The second kappa shape index (κ2) is 8.20. The van der Waals surface area contributed by atoms with Crippen LogP contribution in [0, 0.1) is 0 Å². The largest absolute Gasteiger partial charge is 0.494 e. The molecule has 6 nitrogen and oxygen atoms in total. The number of carbonyl (C=O) groups excluding carboxylic acids is 1. The molecule has 0 heterocycles. The Hall–Kier alpha value is -2.90. The highest BCUT2D eigenvalue weighted by molar-refractivity contribution is 7.89. The summed E-state index contributed by atoms with van der Waals surface area (Å²) in [7, 11) is -3.78. The van der Waals surface area contributed by atoms with E-state index in [0.29, 0.717) is 18.0 Å². The number of fused-ring (bicyclic) bond motifs is 1. The molecule has 0 aliphatic rings. The number of benzene rings is 3. The van der Waals surface area contributed by atoms with Crippen LogP contribution in [0.2, 0.25) is 0 Å². The maximum Gasteiger partial charge on any atom is 0.241 e. The Labute approximate surface area is 158 Å². The van der Waals surface area contributed by atoms with Crippen molar-refractivity contribution in [2.75, 3.05) is 18.5 Å². The summed E-state index contributed by atoms with van der Waals surface area (Å²) in [6.07, 6.45) is 0. The molecule has 0 saturated carbocycles. The Morgan fingerprint density at radius 2 is 1.67 bits per heavy atom. The molecule has 0 unspecified atom stereocenters. The lowest BCUT2D eigenvalue weighted by Crippen LogP contribution is -2.32. The van der Waals surface area contributed by atoms with Gasteiger partial charge >= 0.3 is 0 Å². The number of carbonyl (C=O) groups is 1. The van der Waals surface area contributed by atoms with Crippen LogP contribution < -0.4 is 14.8 Å². The molecule has 0 aliphatic heterocycles. The predicted molar refractivity (Wildman–Crippen MR) is 105 cm³/mol. The maximum absolute atomic E-state index is 12.3. The van der Waals surface area contributed by atoms with Crippen molar-refractivity contribution in [2.45, 2.75) is 11.8 Å². The van der Waals surface area contributed by atoms with Gasteiger partial charge in [0, 0.05) is 5.69 Å². The molecule has 0 fully saturated rings. The normalized spacial score (nSPS) is 11.3. The SMILES string of the molecule is CCOc1ccc(S(=O)(=O)NCC(=O)Nc2ccc3ccccc3c2)cc1. The molecule has 140 valence electrons. The topological polar surface area (TPSA) is 84.5 Å². The van der Waals surface area contributed by atoms with Crippen molar-refractivity contribution in [3.63, 3.8) is 0 Å². The molecule has 0 aliphatic carbocycles. The number of sulfonamides is 1. The zero-order chi connectivity index (χ0) is 19.3. The van der Waals surface area contributed by atoms with Crippen LogP contribution in [0.15, 0.2) is 71.6 Å². The number of ether oxygens (including phenoxy) is 1. The van der Waals surface area contributed by atoms with Crippen LogP contribution in [0.5, 0.6) is 5.75 Å². The van der Waals surface area contributed by atoms with Crippen molar-refractivity contribution in [1.29, 1.82) is 0 Å². The van der Waals surface area contributed by atoms with Crippen LogP contribution in [0.1, 0.15) is 6.92 Å². The molecule has 2 N–H and O–H groups in total. The van der Waals surface area contributed by atoms with Crippen molar-refractivity contribution in [1.82, 2.24) is 4.72 Å². The van der Waals surface area contributed by atoms with Crippen LogP contribution in [-0.2, 0) is 14.8 Å². The number of amides is 1. The number of rotatable bonds is 7. The van der Waals surface area contributed by atoms with Crippen LogP contribution >= 0.6 is 0 Å². The molecule has 1 amide bonds. The van der Waals surface area contributed by atoms with Crippen molar-refractivity contribution in [3.8, 4) is 5.75 Å². The first-order chi connectivity index (χ1) is 13.0. The minimum absolute atomic E-state index is 0.0736. The van der Waals surface area contributed by atoms with Crippen LogP contribution in [0.3, 0.4) is 0 Å². The van der Waals surface area contributed by atoms with Gasteiger partial charge < -0.3 is 10.1 Å². The van der Waals surface area contributed by atoms with Gasteiger partial charge in [-0.1, -0.05) is 30.3 Å². The average Bonchev–Trinajstić information content (AvgIpc) is 2.67. The molecule has 0 bridgehead atoms. The summed E-state index contributed by atoms with van der Waals surface area (Å²) in [5.74, 6) is 0.144. The lowest BCUT2D eigenvalue weighted by atomic mass is 10.1.